The molecule has 0 bridgehead atoms. The van der Waals surface area contributed by atoms with Crippen LogP contribution in [0.15, 0.2) is 18.2 Å². The maximum atomic E-state index is 13.3. The zero-order valence-electron chi connectivity index (χ0n) is 18.4. The van der Waals surface area contributed by atoms with Crippen molar-refractivity contribution < 1.29 is 63.4 Å². The Labute approximate surface area is 194 Å². The predicted octanol–water partition coefficient (Wildman–Crippen LogP) is 4.80. The van der Waals surface area contributed by atoms with Crippen LogP contribution in [-0.2, 0) is 31.5 Å². The Balaban J connectivity index is 0. The molecule has 6 nitrogen and oxygen atoms in total. The van der Waals surface area contributed by atoms with Crippen LogP contribution in [0.1, 0.15) is 23.6 Å². The lowest BCUT2D eigenvalue weighted by atomic mass is 9.98. The highest BCUT2D eigenvalue weighted by atomic mass is 19.4. The van der Waals surface area contributed by atoms with Gasteiger partial charge >= 0.3 is 18.5 Å². The van der Waals surface area contributed by atoms with Crippen molar-refractivity contribution in [2.45, 2.75) is 25.5 Å². The van der Waals surface area contributed by atoms with E-state index >= 15 is 0 Å². The number of ether oxygens (including phenoxy) is 2. The fourth-order valence-corrected chi connectivity index (χ4v) is 2.55. The monoisotopic (exact) mass is 527 g/mol. The molecular weight excluding hydrogens is 505 g/mol. The molecule has 2 rings (SSSR count). The molecule has 1 amide bonds. The van der Waals surface area contributed by atoms with Crippen LogP contribution in [0.2, 0.25) is 0 Å². The molecular formula is C20H22F9NO5. The lowest BCUT2D eigenvalue weighted by Gasteiger charge is -2.25. The summed E-state index contributed by atoms with van der Waals surface area (Å²) in [6.45, 7) is 5.27. The third-order valence-electron chi connectivity index (χ3n) is 3.71. The third-order valence-corrected chi connectivity index (χ3v) is 3.71. The Morgan fingerprint density at radius 2 is 1.34 bits per heavy atom. The molecule has 0 aliphatic carbocycles. The minimum absolute atomic E-state index is 0.188. The second-order valence-corrected chi connectivity index (χ2v) is 6.15. The number of carbonyl (C=O) groups excluding carboxylic acids is 3. The van der Waals surface area contributed by atoms with Gasteiger partial charge in [-0.25, -0.2) is 0 Å². The van der Waals surface area contributed by atoms with Gasteiger partial charge < -0.3 is 24.0 Å². The number of halogens is 9. The summed E-state index contributed by atoms with van der Waals surface area (Å²) < 4.78 is 120. The second-order valence-electron chi connectivity index (χ2n) is 6.15. The molecule has 1 fully saturated rings. The largest absolute Gasteiger partial charge is 0.496 e. The van der Waals surface area contributed by atoms with Crippen LogP contribution in [0.3, 0.4) is 0 Å². The molecule has 1 aliphatic heterocycles. The number of rotatable bonds is 3. The molecule has 200 valence electrons. The van der Waals surface area contributed by atoms with E-state index in [0.717, 1.165) is 31.4 Å². The van der Waals surface area contributed by atoms with Crippen LogP contribution in [-0.4, -0.2) is 64.0 Å². The Morgan fingerprint density at radius 1 is 0.914 bits per heavy atom. The van der Waals surface area contributed by atoms with E-state index in [0.29, 0.717) is 0 Å². The van der Waals surface area contributed by atoms with Crippen molar-refractivity contribution >= 4 is 25.6 Å². The minimum Gasteiger partial charge on any atom is -0.496 e. The fraction of sp³-hybridized carbons (Fsp3) is 0.450. The van der Waals surface area contributed by atoms with Crippen LogP contribution in [0.5, 0.6) is 5.75 Å². The summed E-state index contributed by atoms with van der Waals surface area (Å²) >= 11 is 0. The average Bonchev–Trinajstić information content (AvgIpc) is 2.77. The van der Waals surface area contributed by atoms with Gasteiger partial charge in [0.15, 0.2) is 0 Å². The Bertz CT molecular complexity index is 807. The Kier molecular flexibility index (Phi) is 14.6. The number of benzene rings is 1. The van der Waals surface area contributed by atoms with E-state index in [-0.39, 0.29) is 33.2 Å². The normalized spacial score (nSPS) is 14.0. The number of hydrogen-bond acceptors (Lipinski definition) is 5. The highest BCUT2D eigenvalue weighted by Gasteiger charge is 2.47. The van der Waals surface area contributed by atoms with E-state index in [9.17, 15) is 44.3 Å². The van der Waals surface area contributed by atoms with Crippen molar-refractivity contribution in [2.75, 3.05) is 33.4 Å². The van der Waals surface area contributed by atoms with Gasteiger partial charge in [0, 0.05) is 26.1 Å². The summed E-state index contributed by atoms with van der Waals surface area (Å²) in [5, 5.41) is 0. The number of nitrogens with zero attached hydrogens (tertiary/aromatic N) is 1. The van der Waals surface area contributed by atoms with Gasteiger partial charge in [0.25, 0.3) is 0 Å². The number of carbonyl (C=O) groups is 3. The first-order valence-electron chi connectivity index (χ1n) is 9.10. The SMILES string of the molecule is C=O.C=O.CC(F)(F)F.COc1ccc(/C=C/C(=O)N2CCOCC2)c(C(F)(F)F)c1C(F)(F)F. The summed E-state index contributed by atoms with van der Waals surface area (Å²) in [6.07, 6.45) is -13.0. The molecule has 1 saturated heterocycles. The van der Waals surface area contributed by atoms with Gasteiger partial charge in [-0.05, 0) is 17.7 Å². The van der Waals surface area contributed by atoms with Crippen molar-refractivity contribution in [3.8, 4) is 5.75 Å². The predicted molar refractivity (Wildman–Crippen MR) is 105 cm³/mol. The van der Waals surface area contributed by atoms with Gasteiger partial charge in [-0.15, -0.1) is 0 Å². The van der Waals surface area contributed by atoms with Gasteiger partial charge in [-0.2, -0.15) is 39.5 Å². The van der Waals surface area contributed by atoms with Gasteiger partial charge in [0.05, 0.1) is 25.9 Å². The summed E-state index contributed by atoms with van der Waals surface area (Å²) in [6, 6.07) is 1.62. The topological polar surface area (TPSA) is 72.9 Å². The number of morpholine rings is 1. The molecule has 0 atom stereocenters. The molecule has 0 spiro atoms. The maximum Gasteiger partial charge on any atom is 0.420 e. The molecule has 0 unspecified atom stereocenters. The van der Waals surface area contributed by atoms with Crippen LogP contribution in [0.4, 0.5) is 39.5 Å². The van der Waals surface area contributed by atoms with E-state index in [1.54, 1.807) is 0 Å². The third kappa shape index (κ3) is 12.8. The van der Waals surface area contributed by atoms with E-state index < -0.39 is 46.9 Å². The highest BCUT2D eigenvalue weighted by Crippen LogP contribution is 2.46. The zero-order valence-corrected chi connectivity index (χ0v) is 18.4. The van der Waals surface area contributed by atoms with Crippen LogP contribution in [0.25, 0.3) is 6.08 Å². The quantitative estimate of drug-likeness (QED) is 0.417. The number of methoxy groups -OCH3 is 1. The Morgan fingerprint density at radius 3 is 1.71 bits per heavy atom. The van der Waals surface area contributed by atoms with Crippen molar-refractivity contribution in [3.05, 3.63) is 34.9 Å². The molecule has 1 aromatic carbocycles. The van der Waals surface area contributed by atoms with Gasteiger partial charge in [0.1, 0.15) is 24.9 Å². The lowest BCUT2D eigenvalue weighted by molar-refractivity contribution is -0.163. The standard InChI is InChI=1S/C16H15F6NO3.C2H3F3.2CH2O/c1-25-11-4-2-10(3-5-12(24)23-6-8-26-9-7-23)13(15(17,18)19)14(11)16(20,21)22;1-2(3,4)5;2*1-2/h2-5H,6-9H2,1H3;1H3;2*1H2/b5-3+;;;. The highest BCUT2D eigenvalue weighted by molar-refractivity contribution is 5.92. The lowest BCUT2D eigenvalue weighted by Crippen LogP contribution is -2.39. The molecule has 0 N–H and O–H groups in total. The number of amides is 1. The van der Waals surface area contributed by atoms with Crippen LogP contribution >= 0.6 is 0 Å². The molecule has 0 radical (unpaired) electrons. The van der Waals surface area contributed by atoms with E-state index in [1.807, 2.05) is 13.6 Å². The Hall–Kier alpha value is -3.10. The first-order valence-corrected chi connectivity index (χ1v) is 9.10. The van der Waals surface area contributed by atoms with Crippen molar-refractivity contribution in [1.29, 1.82) is 0 Å². The smallest absolute Gasteiger partial charge is 0.420 e. The van der Waals surface area contributed by atoms with Gasteiger partial charge in [-0.1, -0.05) is 6.07 Å². The molecule has 1 heterocycles. The van der Waals surface area contributed by atoms with Crippen molar-refractivity contribution in [1.82, 2.24) is 4.90 Å². The van der Waals surface area contributed by atoms with Crippen molar-refractivity contribution in [2.24, 2.45) is 0 Å². The van der Waals surface area contributed by atoms with Crippen LogP contribution in [0, 0.1) is 0 Å². The van der Waals surface area contributed by atoms with E-state index in [1.165, 1.54) is 4.90 Å². The fourth-order valence-electron chi connectivity index (χ4n) is 2.55. The minimum atomic E-state index is -5.29. The summed E-state index contributed by atoms with van der Waals surface area (Å²) in [5.41, 5.74) is -4.59. The summed E-state index contributed by atoms with van der Waals surface area (Å²) in [5.74, 6) is -1.55. The molecule has 0 saturated carbocycles. The summed E-state index contributed by atoms with van der Waals surface area (Å²) in [4.78, 5) is 29.3. The first kappa shape index (κ1) is 34.1. The van der Waals surface area contributed by atoms with Crippen LogP contribution < -0.4 is 4.74 Å². The summed E-state index contributed by atoms with van der Waals surface area (Å²) in [7, 11) is 0.849. The number of alkyl halides is 9. The van der Waals surface area contributed by atoms with Crippen molar-refractivity contribution in [3.63, 3.8) is 0 Å². The molecule has 1 aromatic rings. The average molecular weight is 527 g/mol. The molecule has 0 aromatic heterocycles. The van der Waals surface area contributed by atoms with E-state index in [4.69, 9.17) is 14.3 Å². The second kappa shape index (κ2) is 15.0. The zero-order chi connectivity index (χ0) is 28.0. The molecule has 15 heteroatoms. The van der Waals surface area contributed by atoms with E-state index in [2.05, 4.69) is 4.74 Å². The van der Waals surface area contributed by atoms with Gasteiger partial charge in [-0.3, -0.25) is 4.79 Å². The maximum absolute atomic E-state index is 13.3. The molecule has 35 heavy (non-hydrogen) atoms. The molecule has 1 aliphatic rings. The first-order chi connectivity index (χ1) is 16.1. The number of hydrogen-bond donors (Lipinski definition) is 0. The van der Waals surface area contributed by atoms with Gasteiger partial charge in [0.2, 0.25) is 5.91 Å².